The number of H-pyrrole nitrogens is 1. The monoisotopic (exact) mass is 1060 g/mol. The van der Waals surface area contributed by atoms with Gasteiger partial charge in [0.2, 0.25) is 0 Å². The first-order chi connectivity index (χ1) is 21.2. The van der Waals surface area contributed by atoms with E-state index < -0.39 is 36.0 Å². The number of hydrogen-bond acceptors (Lipinski definition) is 9. The van der Waals surface area contributed by atoms with E-state index in [4.69, 9.17) is 31.4 Å². The number of nitrogens with two attached hydrogens (primary N) is 3. The number of nitrogens with one attached hydrogen (secondary N) is 1. The molecule has 4 aromatic rings. The van der Waals surface area contributed by atoms with Crippen molar-refractivity contribution in [3.8, 4) is 17.2 Å². The Bertz CT molecular complexity index is 1700. The van der Waals surface area contributed by atoms with Crippen LogP contribution < -0.4 is 26.7 Å². The van der Waals surface area contributed by atoms with Gasteiger partial charge < -0.3 is 36.4 Å². The summed E-state index contributed by atoms with van der Waals surface area (Å²) < 4.78 is 19.8. The van der Waals surface area contributed by atoms with Crippen LogP contribution in [0.2, 0.25) is 0 Å². The van der Waals surface area contributed by atoms with Gasteiger partial charge in [-0.3, -0.25) is 0 Å². The van der Waals surface area contributed by atoms with E-state index in [0.29, 0.717) is 30.8 Å². The molecule has 14 heteroatoms. The Kier molecular flexibility index (Phi) is 12.9. The first kappa shape index (κ1) is 36.2. The summed E-state index contributed by atoms with van der Waals surface area (Å²) in [7, 11) is 0. The molecule has 0 saturated carbocycles. The molecule has 0 fully saturated rings. The molecule has 1 heterocycles. The molecular weight excluding hydrogens is 1030 g/mol. The molecule has 0 radical (unpaired) electrons. The SMILES string of the molecule is CC(C)[C@H](N)C(=O)OC(=O)[C@@H](N)Cc1cc(I)c(Oc2cc(I)c(OC(=O)[C@@H](N)Cc3c[nH]c4ccccc34)c(I)c2)c(I)c1. The molecule has 238 valence electrons. The summed E-state index contributed by atoms with van der Waals surface area (Å²) >= 11 is 8.51. The fourth-order valence-corrected chi connectivity index (χ4v) is 8.34. The first-order valence-electron chi connectivity index (χ1n) is 13.7. The predicted molar refractivity (Wildman–Crippen MR) is 205 cm³/mol. The number of halogens is 4. The van der Waals surface area contributed by atoms with Crippen LogP contribution in [-0.2, 0) is 32.0 Å². The third kappa shape index (κ3) is 9.28. The molecule has 1 aromatic heterocycles. The lowest BCUT2D eigenvalue weighted by Gasteiger charge is -2.17. The van der Waals surface area contributed by atoms with E-state index in [9.17, 15) is 14.4 Å². The summed E-state index contributed by atoms with van der Waals surface area (Å²) in [6.45, 7) is 3.53. The van der Waals surface area contributed by atoms with Gasteiger partial charge in [-0.1, -0.05) is 32.0 Å². The average molecular weight is 1060 g/mol. The van der Waals surface area contributed by atoms with E-state index in [1.54, 1.807) is 26.0 Å². The first-order valence-corrected chi connectivity index (χ1v) is 18.0. The maximum absolute atomic E-state index is 12.9. The zero-order valence-electron chi connectivity index (χ0n) is 24.1. The van der Waals surface area contributed by atoms with Gasteiger partial charge in [-0.15, -0.1) is 0 Å². The van der Waals surface area contributed by atoms with Gasteiger partial charge in [0, 0.05) is 23.5 Å². The molecule has 3 aromatic carbocycles. The lowest BCUT2D eigenvalue weighted by atomic mass is 10.1. The molecule has 0 bridgehead atoms. The third-order valence-electron chi connectivity index (χ3n) is 6.82. The normalized spacial score (nSPS) is 13.4. The largest absolute Gasteiger partial charge is 0.455 e. The van der Waals surface area contributed by atoms with E-state index in [2.05, 4.69) is 95.3 Å². The number of esters is 3. The van der Waals surface area contributed by atoms with Crippen molar-refractivity contribution in [1.82, 2.24) is 4.98 Å². The van der Waals surface area contributed by atoms with E-state index in [0.717, 1.165) is 29.2 Å². The number of rotatable bonds is 11. The maximum Gasteiger partial charge on any atom is 0.330 e. The van der Waals surface area contributed by atoms with Gasteiger partial charge in [-0.2, -0.15) is 0 Å². The molecule has 0 unspecified atom stereocenters. The van der Waals surface area contributed by atoms with Gasteiger partial charge in [-0.05, 0) is 144 Å². The molecule has 45 heavy (non-hydrogen) atoms. The molecule has 0 aliphatic rings. The Hall–Kier alpha value is -1.59. The zero-order chi connectivity index (χ0) is 33.0. The number of carbonyl (C=O) groups is 3. The Morgan fingerprint density at radius 1 is 0.778 bits per heavy atom. The number of ether oxygens (including phenoxy) is 3. The average Bonchev–Trinajstić information content (AvgIpc) is 3.38. The van der Waals surface area contributed by atoms with Crippen LogP contribution in [0.5, 0.6) is 17.2 Å². The van der Waals surface area contributed by atoms with Gasteiger partial charge in [0.25, 0.3) is 0 Å². The number of aromatic nitrogens is 1. The molecule has 0 amide bonds. The summed E-state index contributed by atoms with van der Waals surface area (Å²) in [5, 5.41) is 1.02. The summed E-state index contributed by atoms with van der Waals surface area (Å²) in [5.74, 6) is -0.742. The van der Waals surface area contributed by atoms with Gasteiger partial charge in [0.05, 0.1) is 14.3 Å². The summed E-state index contributed by atoms with van der Waals surface area (Å²) in [4.78, 5) is 40.6. The fourth-order valence-electron chi connectivity index (χ4n) is 4.29. The zero-order valence-corrected chi connectivity index (χ0v) is 32.7. The second-order valence-electron chi connectivity index (χ2n) is 10.6. The molecular formula is C31H30I4N4O6. The number of benzene rings is 3. The van der Waals surface area contributed by atoms with Crippen LogP contribution in [0.15, 0.2) is 54.7 Å². The van der Waals surface area contributed by atoms with Crippen molar-refractivity contribution in [3.63, 3.8) is 0 Å². The van der Waals surface area contributed by atoms with Crippen molar-refractivity contribution in [1.29, 1.82) is 0 Å². The molecule has 0 aliphatic heterocycles. The topological polar surface area (TPSA) is 173 Å². The van der Waals surface area contributed by atoms with E-state index >= 15 is 0 Å². The minimum absolute atomic E-state index is 0.160. The minimum Gasteiger partial charge on any atom is -0.455 e. The van der Waals surface area contributed by atoms with Crippen LogP contribution in [-0.4, -0.2) is 41.0 Å². The second kappa shape index (κ2) is 16.0. The minimum atomic E-state index is -1.04. The van der Waals surface area contributed by atoms with Gasteiger partial charge in [0.1, 0.15) is 23.9 Å². The summed E-state index contributed by atoms with van der Waals surface area (Å²) in [6.07, 6.45) is 2.36. The van der Waals surface area contributed by atoms with Crippen molar-refractivity contribution in [2.24, 2.45) is 23.1 Å². The van der Waals surface area contributed by atoms with E-state index in [1.807, 2.05) is 42.6 Å². The number of fused-ring (bicyclic) bond motifs is 1. The van der Waals surface area contributed by atoms with E-state index in [1.165, 1.54) is 0 Å². The Morgan fingerprint density at radius 3 is 1.98 bits per heavy atom. The molecule has 0 spiro atoms. The second-order valence-corrected chi connectivity index (χ2v) is 15.3. The van der Waals surface area contributed by atoms with Crippen molar-refractivity contribution < 1.29 is 28.6 Å². The van der Waals surface area contributed by atoms with Crippen molar-refractivity contribution in [2.75, 3.05) is 0 Å². The predicted octanol–water partition coefficient (Wildman–Crippen LogP) is 5.78. The number of carbonyl (C=O) groups excluding carboxylic acids is 3. The van der Waals surface area contributed by atoms with Crippen molar-refractivity contribution in [3.05, 3.63) is 80.1 Å². The van der Waals surface area contributed by atoms with Crippen molar-refractivity contribution >= 4 is 119 Å². The van der Waals surface area contributed by atoms with Gasteiger partial charge in [0.15, 0.2) is 11.5 Å². The summed E-state index contributed by atoms with van der Waals surface area (Å²) in [6, 6.07) is 12.3. The van der Waals surface area contributed by atoms with Crippen LogP contribution in [0.3, 0.4) is 0 Å². The molecule has 10 nitrogen and oxygen atoms in total. The van der Waals surface area contributed by atoms with E-state index in [-0.39, 0.29) is 12.3 Å². The standard InChI is InChI=1S/C31H30I4N4O6/c1-14(2)26(38)31(42)45-30(41)23(36)9-15-7-19(32)27(20(33)8-15)43-17-11-21(34)28(22(35)12-17)44-29(40)24(37)10-16-13-39-25-6-4-3-5-18(16)25/h3-8,11-14,23-24,26,39H,9-10,36-38H2,1-2H3/t23-,24-,26-/m0/s1. The highest BCUT2D eigenvalue weighted by Crippen LogP contribution is 2.37. The molecule has 4 rings (SSSR count). The Morgan fingerprint density at radius 2 is 1.36 bits per heavy atom. The highest BCUT2D eigenvalue weighted by Gasteiger charge is 2.26. The number of para-hydroxylation sites is 1. The smallest absolute Gasteiger partial charge is 0.330 e. The van der Waals surface area contributed by atoms with Crippen LogP contribution in [0.1, 0.15) is 25.0 Å². The van der Waals surface area contributed by atoms with Gasteiger partial charge in [-0.25, -0.2) is 14.4 Å². The van der Waals surface area contributed by atoms with Crippen LogP contribution in [0.25, 0.3) is 10.9 Å². The fraction of sp³-hybridized carbons (Fsp3) is 0.258. The highest BCUT2D eigenvalue weighted by atomic mass is 127. The molecule has 3 atom stereocenters. The highest BCUT2D eigenvalue weighted by molar-refractivity contribution is 14.1. The van der Waals surface area contributed by atoms with Crippen LogP contribution in [0.4, 0.5) is 0 Å². The maximum atomic E-state index is 12.9. The number of hydrogen-bond donors (Lipinski definition) is 4. The van der Waals surface area contributed by atoms with Gasteiger partial charge >= 0.3 is 17.9 Å². The van der Waals surface area contributed by atoms with Crippen LogP contribution >= 0.6 is 90.4 Å². The number of aromatic amines is 1. The quantitative estimate of drug-likeness (QED) is 0.0630. The lowest BCUT2D eigenvalue weighted by molar-refractivity contribution is -0.162. The van der Waals surface area contributed by atoms with Crippen molar-refractivity contribution in [2.45, 2.75) is 44.8 Å². The lowest BCUT2D eigenvalue weighted by Crippen LogP contribution is -2.42. The molecule has 0 aliphatic carbocycles. The third-order valence-corrected chi connectivity index (χ3v) is 10.0. The van der Waals surface area contributed by atoms with Crippen LogP contribution in [0, 0.1) is 20.2 Å². The Labute approximate surface area is 314 Å². The molecule has 0 saturated heterocycles. The Balaban J connectivity index is 1.41. The summed E-state index contributed by atoms with van der Waals surface area (Å²) in [5.41, 5.74) is 20.8. The molecule has 7 N–H and O–H groups in total.